The van der Waals surface area contributed by atoms with Gasteiger partial charge in [0.25, 0.3) is 0 Å². The normalized spacial score (nSPS) is 14.5. The van der Waals surface area contributed by atoms with Crippen LogP contribution >= 0.6 is 0 Å². The lowest BCUT2D eigenvalue weighted by Gasteiger charge is -2.34. The zero-order chi connectivity index (χ0) is 23.7. The highest BCUT2D eigenvalue weighted by molar-refractivity contribution is 5.91. The van der Waals surface area contributed by atoms with Crippen LogP contribution in [0.3, 0.4) is 0 Å². The number of rotatable bonds is 4. The monoisotopic (exact) mass is 456 g/mol. The number of carbonyl (C=O) groups is 2. The second-order valence-electron chi connectivity index (χ2n) is 8.30. The van der Waals surface area contributed by atoms with E-state index < -0.39 is 29.3 Å². The molecular formula is C25H23F3N2O3. The first-order chi connectivity index (χ1) is 15.7. The average Bonchev–Trinajstić information content (AvgIpc) is 2.77. The van der Waals surface area contributed by atoms with Gasteiger partial charge < -0.3 is 15.3 Å². The Morgan fingerprint density at radius 2 is 1.73 bits per heavy atom. The summed E-state index contributed by atoms with van der Waals surface area (Å²) in [5.74, 6) is -3.04. The summed E-state index contributed by atoms with van der Waals surface area (Å²) in [4.78, 5) is 25.4. The average molecular weight is 456 g/mol. The third-order valence-electron chi connectivity index (χ3n) is 6.25. The van der Waals surface area contributed by atoms with Crippen molar-refractivity contribution in [1.29, 1.82) is 0 Å². The molecule has 1 aliphatic rings. The van der Waals surface area contributed by atoms with E-state index >= 15 is 0 Å². The highest BCUT2D eigenvalue weighted by Crippen LogP contribution is 2.38. The van der Waals surface area contributed by atoms with E-state index in [1.54, 1.807) is 12.1 Å². The molecular weight excluding hydrogens is 433 g/mol. The molecule has 33 heavy (non-hydrogen) atoms. The molecule has 1 heterocycles. The molecule has 1 aliphatic heterocycles. The van der Waals surface area contributed by atoms with Crippen LogP contribution in [0, 0.1) is 24.4 Å². The van der Waals surface area contributed by atoms with Crippen LogP contribution in [0.1, 0.15) is 35.4 Å². The van der Waals surface area contributed by atoms with Gasteiger partial charge in [-0.3, -0.25) is 4.79 Å². The number of nitrogens with one attached hydrogen (secondary N) is 1. The standard InChI is InChI=1S/C25H23F3N2O3/c1-14-17(12-22(31)32)11-16-5-6-18(26)13-19(16)23(14)15-7-9-30(10-8-15)25(33)29-24-20(27)3-2-4-21(24)28/h2-6,11,13,15H,7-10,12H2,1H3,(H,29,33)(H,31,32). The minimum Gasteiger partial charge on any atom is -0.481 e. The molecule has 172 valence electrons. The van der Waals surface area contributed by atoms with Gasteiger partial charge in [0.2, 0.25) is 0 Å². The number of carboxylic acids is 1. The number of carbonyl (C=O) groups excluding carboxylic acids is 1. The summed E-state index contributed by atoms with van der Waals surface area (Å²) in [6, 6.07) is 9.01. The highest BCUT2D eigenvalue weighted by atomic mass is 19.1. The number of fused-ring (bicyclic) bond motifs is 1. The van der Waals surface area contributed by atoms with Crippen molar-refractivity contribution in [2.75, 3.05) is 18.4 Å². The SMILES string of the molecule is Cc1c(CC(=O)O)cc2ccc(F)cc2c1C1CCN(C(=O)Nc2c(F)cccc2F)CC1. The summed E-state index contributed by atoms with van der Waals surface area (Å²) in [5, 5.41) is 13.1. The van der Waals surface area contributed by atoms with E-state index in [4.69, 9.17) is 0 Å². The van der Waals surface area contributed by atoms with Gasteiger partial charge >= 0.3 is 12.0 Å². The van der Waals surface area contributed by atoms with Gasteiger partial charge in [0.05, 0.1) is 6.42 Å². The quantitative estimate of drug-likeness (QED) is 0.537. The fraction of sp³-hybridized carbons (Fsp3) is 0.280. The molecule has 0 saturated carbocycles. The second-order valence-corrected chi connectivity index (χ2v) is 8.30. The number of halogens is 3. The van der Waals surface area contributed by atoms with Crippen LogP contribution in [-0.2, 0) is 11.2 Å². The highest BCUT2D eigenvalue weighted by Gasteiger charge is 2.28. The smallest absolute Gasteiger partial charge is 0.322 e. The molecule has 5 nitrogen and oxygen atoms in total. The molecule has 0 atom stereocenters. The van der Waals surface area contributed by atoms with Crippen molar-refractivity contribution in [2.24, 2.45) is 0 Å². The maximum atomic E-state index is 14.0. The van der Waals surface area contributed by atoms with Gasteiger partial charge in [-0.05, 0) is 77.4 Å². The summed E-state index contributed by atoms with van der Waals surface area (Å²) in [7, 11) is 0. The van der Waals surface area contributed by atoms with Crippen molar-refractivity contribution in [2.45, 2.75) is 32.1 Å². The fourth-order valence-electron chi connectivity index (χ4n) is 4.61. The Bertz CT molecular complexity index is 1220. The Morgan fingerprint density at radius 3 is 2.36 bits per heavy atom. The molecule has 2 N–H and O–H groups in total. The maximum absolute atomic E-state index is 14.0. The Labute approximate surface area is 188 Å². The van der Waals surface area contributed by atoms with E-state index in [0.29, 0.717) is 31.5 Å². The molecule has 1 saturated heterocycles. The molecule has 0 aliphatic carbocycles. The maximum Gasteiger partial charge on any atom is 0.322 e. The van der Waals surface area contributed by atoms with Gasteiger partial charge in [0.15, 0.2) is 0 Å². The molecule has 1 fully saturated rings. The zero-order valence-corrected chi connectivity index (χ0v) is 18.0. The van der Waals surface area contributed by atoms with Crippen LogP contribution in [0.15, 0.2) is 42.5 Å². The van der Waals surface area contributed by atoms with E-state index in [-0.39, 0.29) is 18.2 Å². The summed E-state index contributed by atoms with van der Waals surface area (Å²) in [5.41, 5.74) is 1.89. The van der Waals surface area contributed by atoms with Gasteiger partial charge in [-0.15, -0.1) is 0 Å². The molecule has 0 aromatic heterocycles. The molecule has 3 aromatic rings. The van der Waals surface area contributed by atoms with Crippen LogP contribution in [0.5, 0.6) is 0 Å². The molecule has 0 radical (unpaired) electrons. The van der Waals surface area contributed by atoms with E-state index in [1.807, 2.05) is 6.92 Å². The zero-order valence-electron chi connectivity index (χ0n) is 18.0. The minimum atomic E-state index is -0.947. The molecule has 2 amide bonds. The van der Waals surface area contributed by atoms with Crippen molar-refractivity contribution in [3.05, 3.63) is 76.6 Å². The van der Waals surface area contributed by atoms with Crippen LogP contribution in [0.25, 0.3) is 10.8 Å². The molecule has 8 heteroatoms. The largest absolute Gasteiger partial charge is 0.481 e. The van der Waals surface area contributed by atoms with Crippen LogP contribution in [0.4, 0.5) is 23.7 Å². The molecule has 0 unspecified atom stereocenters. The number of urea groups is 1. The van der Waals surface area contributed by atoms with Gasteiger partial charge in [0, 0.05) is 13.1 Å². The Balaban J connectivity index is 1.57. The molecule has 0 bridgehead atoms. The van der Waals surface area contributed by atoms with Crippen molar-refractivity contribution >= 4 is 28.5 Å². The van der Waals surface area contributed by atoms with E-state index in [9.17, 15) is 27.9 Å². The van der Waals surface area contributed by atoms with E-state index in [2.05, 4.69) is 5.32 Å². The van der Waals surface area contributed by atoms with Gasteiger partial charge in [0.1, 0.15) is 23.1 Å². The number of hydrogen-bond acceptors (Lipinski definition) is 2. The molecule has 4 rings (SSSR count). The summed E-state index contributed by atoms with van der Waals surface area (Å²) < 4.78 is 41.8. The number of anilines is 1. The van der Waals surface area contributed by atoms with E-state index in [1.165, 1.54) is 23.1 Å². The lowest BCUT2D eigenvalue weighted by molar-refractivity contribution is -0.136. The van der Waals surface area contributed by atoms with Crippen LogP contribution in [0.2, 0.25) is 0 Å². The van der Waals surface area contributed by atoms with E-state index in [0.717, 1.165) is 34.0 Å². The molecule has 3 aromatic carbocycles. The van der Waals surface area contributed by atoms with Gasteiger partial charge in [-0.2, -0.15) is 0 Å². The van der Waals surface area contributed by atoms with Crippen molar-refractivity contribution < 1.29 is 27.9 Å². The van der Waals surface area contributed by atoms with Crippen molar-refractivity contribution in [3.8, 4) is 0 Å². The van der Waals surface area contributed by atoms with Crippen molar-refractivity contribution in [3.63, 3.8) is 0 Å². The third kappa shape index (κ3) is 4.65. The van der Waals surface area contributed by atoms with Gasteiger partial charge in [-0.25, -0.2) is 18.0 Å². The topological polar surface area (TPSA) is 69.6 Å². The number of hydrogen-bond donors (Lipinski definition) is 2. The first kappa shape index (κ1) is 22.6. The summed E-state index contributed by atoms with van der Waals surface area (Å²) >= 11 is 0. The number of aliphatic carboxylic acids is 1. The number of nitrogens with zero attached hydrogens (tertiary/aromatic N) is 1. The lowest BCUT2D eigenvalue weighted by atomic mass is 9.81. The first-order valence-corrected chi connectivity index (χ1v) is 10.7. The predicted octanol–water partition coefficient (Wildman–Crippen LogP) is 5.60. The number of benzene rings is 3. The Kier molecular flexibility index (Phi) is 6.26. The number of likely N-dealkylation sites (tertiary alicyclic amines) is 1. The minimum absolute atomic E-state index is 0.0164. The Hall–Kier alpha value is -3.55. The van der Waals surface area contributed by atoms with Crippen LogP contribution in [-0.4, -0.2) is 35.1 Å². The third-order valence-corrected chi connectivity index (χ3v) is 6.25. The number of carboxylic acid groups (broad SMARTS) is 1. The number of para-hydroxylation sites is 1. The van der Waals surface area contributed by atoms with Gasteiger partial charge in [-0.1, -0.05) is 18.2 Å². The van der Waals surface area contributed by atoms with Crippen LogP contribution < -0.4 is 5.32 Å². The second kappa shape index (κ2) is 9.13. The fourth-order valence-corrected chi connectivity index (χ4v) is 4.61. The summed E-state index contributed by atoms with van der Waals surface area (Å²) in [6.45, 7) is 2.52. The van der Waals surface area contributed by atoms with Crippen molar-refractivity contribution in [1.82, 2.24) is 4.90 Å². The lowest BCUT2D eigenvalue weighted by Crippen LogP contribution is -2.41. The number of amides is 2. The first-order valence-electron chi connectivity index (χ1n) is 10.7. The number of piperidine rings is 1. The summed E-state index contributed by atoms with van der Waals surface area (Å²) in [6.07, 6.45) is 0.966. The molecule has 0 spiro atoms. The predicted molar refractivity (Wildman–Crippen MR) is 119 cm³/mol. The Morgan fingerprint density at radius 1 is 1.06 bits per heavy atom.